The van der Waals surface area contributed by atoms with Crippen molar-refractivity contribution in [3.63, 3.8) is 0 Å². The number of ketones is 1. The lowest BCUT2D eigenvalue weighted by atomic mass is 9.87. The summed E-state index contributed by atoms with van der Waals surface area (Å²) in [5, 5.41) is 10.6. The van der Waals surface area contributed by atoms with Crippen LogP contribution in [0.25, 0.3) is 0 Å². The van der Waals surface area contributed by atoms with Gasteiger partial charge in [-0.3, -0.25) is 19.5 Å². The molecule has 0 saturated carbocycles. The number of nitrogens with zero attached hydrogens (tertiary/aromatic N) is 2. The van der Waals surface area contributed by atoms with Crippen LogP contribution >= 0.6 is 0 Å². The van der Waals surface area contributed by atoms with Gasteiger partial charge in [-0.1, -0.05) is 46.8 Å². The minimum atomic E-state index is -0.675. The summed E-state index contributed by atoms with van der Waals surface area (Å²) in [6.45, 7) is 9.88. The molecule has 0 aliphatic carbocycles. The van der Waals surface area contributed by atoms with Gasteiger partial charge < -0.3 is 5.11 Å². The van der Waals surface area contributed by atoms with Crippen LogP contribution < -0.4 is 4.90 Å². The maximum atomic E-state index is 13.0. The predicted octanol–water partition coefficient (Wildman–Crippen LogP) is 4.50. The van der Waals surface area contributed by atoms with E-state index in [4.69, 9.17) is 0 Å². The van der Waals surface area contributed by atoms with Gasteiger partial charge in [0.1, 0.15) is 0 Å². The first-order valence-corrected chi connectivity index (χ1v) is 9.44. The van der Waals surface area contributed by atoms with Crippen molar-refractivity contribution in [1.29, 1.82) is 0 Å². The van der Waals surface area contributed by atoms with E-state index in [0.717, 1.165) is 11.1 Å². The Bertz CT molecular complexity index is 923. The number of benzene rings is 1. The Morgan fingerprint density at radius 2 is 1.64 bits per heavy atom. The zero-order valence-corrected chi connectivity index (χ0v) is 16.9. The van der Waals surface area contributed by atoms with Crippen molar-refractivity contribution in [3.8, 4) is 0 Å². The maximum Gasteiger partial charge on any atom is 0.294 e. The Morgan fingerprint density at radius 3 is 2.14 bits per heavy atom. The molecule has 2 aromatic rings. The summed E-state index contributed by atoms with van der Waals surface area (Å²) in [4.78, 5) is 31.3. The van der Waals surface area contributed by atoms with Gasteiger partial charge in [0.15, 0.2) is 11.5 Å². The fraction of sp³-hybridized carbons (Fsp3) is 0.348. The molecule has 1 amide bonds. The molecular formula is C23H26N2O3. The lowest BCUT2D eigenvalue weighted by molar-refractivity contribution is -0.119. The van der Waals surface area contributed by atoms with E-state index >= 15 is 0 Å². The van der Waals surface area contributed by atoms with E-state index < -0.39 is 17.7 Å². The van der Waals surface area contributed by atoms with Crippen molar-refractivity contribution in [2.75, 3.05) is 4.90 Å². The number of carbonyl (C=O) groups is 2. The molecule has 0 bridgehead atoms. The number of pyridine rings is 1. The fourth-order valence-corrected chi connectivity index (χ4v) is 3.42. The van der Waals surface area contributed by atoms with Crippen LogP contribution in [0.4, 0.5) is 5.69 Å². The van der Waals surface area contributed by atoms with Gasteiger partial charge >= 0.3 is 0 Å². The van der Waals surface area contributed by atoms with Crippen LogP contribution in [0.2, 0.25) is 0 Å². The number of hydrogen-bond donors (Lipinski definition) is 1. The lowest BCUT2D eigenvalue weighted by Gasteiger charge is -2.28. The van der Waals surface area contributed by atoms with Crippen LogP contribution in [0.1, 0.15) is 51.8 Å². The summed E-state index contributed by atoms with van der Waals surface area (Å²) in [5.41, 5.74) is 2.64. The third-order valence-electron chi connectivity index (χ3n) is 5.03. The Balaban J connectivity index is 2.12. The fourth-order valence-electron chi connectivity index (χ4n) is 3.42. The van der Waals surface area contributed by atoms with Crippen LogP contribution in [0.5, 0.6) is 0 Å². The first-order chi connectivity index (χ1) is 13.1. The molecule has 28 heavy (non-hydrogen) atoms. The summed E-state index contributed by atoms with van der Waals surface area (Å²) < 4.78 is 0. The first kappa shape index (κ1) is 19.8. The highest BCUT2D eigenvalue weighted by Gasteiger charge is 2.44. The van der Waals surface area contributed by atoms with Crippen LogP contribution in [0.15, 0.2) is 60.1 Å². The van der Waals surface area contributed by atoms with Crippen molar-refractivity contribution >= 4 is 17.4 Å². The first-order valence-electron chi connectivity index (χ1n) is 9.44. The summed E-state index contributed by atoms with van der Waals surface area (Å²) in [6, 6.07) is 10.5. The highest BCUT2D eigenvalue weighted by Crippen LogP contribution is 2.42. The molecule has 146 valence electrons. The van der Waals surface area contributed by atoms with Gasteiger partial charge in [-0.25, -0.2) is 0 Å². The molecule has 2 heterocycles. The van der Waals surface area contributed by atoms with Gasteiger partial charge in [-0.2, -0.15) is 0 Å². The largest absolute Gasteiger partial charge is 0.503 e. The molecular weight excluding hydrogens is 352 g/mol. The molecule has 1 unspecified atom stereocenters. The molecule has 5 nitrogen and oxygen atoms in total. The van der Waals surface area contributed by atoms with Gasteiger partial charge in [-0.05, 0) is 40.8 Å². The molecule has 1 aliphatic rings. The number of amides is 1. The number of anilines is 1. The van der Waals surface area contributed by atoms with E-state index in [9.17, 15) is 14.7 Å². The van der Waals surface area contributed by atoms with Crippen LogP contribution in [-0.2, 0) is 15.0 Å². The maximum absolute atomic E-state index is 13.0. The Labute approximate surface area is 165 Å². The van der Waals surface area contributed by atoms with Crippen molar-refractivity contribution < 1.29 is 14.7 Å². The molecule has 1 aromatic carbocycles. The minimum absolute atomic E-state index is 0.0167. The van der Waals surface area contributed by atoms with Crippen molar-refractivity contribution in [2.45, 2.75) is 46.1 Å². The smallest absolute Gasteiger partial charge is 0.294 e. The van der Waals surface area contributed by atoms with E-state index in [1.54, 1.807) is 38.4 Å². The van der Waals surface area contributed by atoms with Crippen LogP contribution in [0, 0.1) is 5.92 Å². The third kappa shape index (κ3) is 3.44. The van der Waals surface area contributed by atoms with Crippen molar-refractivity contribution in [3.05, 3.63) is 71.3 Å². The summed E-state index contributed by atoms with van der Waals surface area (Å²) in [6.07, 6.45) is 3.24. The molecule has 1 N–H and O–H groups in total. The highest BCUT2D eigenvalue weighted by molar-refractivity contribution is 6.16. The molecule has 1 aliphatic heterocycles. The molecule has 0 fully saturated rings. The monoisotopic (exact) mass is 378 g/mol. The lowest BCUT2D eigenvalue weighted by Crippen LogP contribution is -2.31. The third-order valence-corrected chi connectivity index (χ3v) is 5.03. The zero-order chi connectivity index (χ0) is 20.6. The van der Waals surface area contributed by atoms with Gasteiger partial charge in [0, 0.05) is 24.0 Å². The minimum Gasteiger partial charge on any atom is -0.503 e. The van der Waals surface area contributed by atoms with Crippen molar-refractivity contribution in [1.82, 2.24) is 4.98 Å². The topological polar surface area (TPSA) is 70.5 Å². The van der Waals surface area contributed by atoms with E-state index in [1.807, 2.05) is 24.3 Å². The van der Waals surface area contributed by atoms with E-state index in [2.05, 4.69) is 25.8 Å². The van der Waals surface area contributed by atoms with Crippen LogP contribution in [0.3, 0.4) is 0 Å². The molecule has 3 rings (SSSR count). The Kier molecular flexibility index (Phi) is 5.11. The molecule has 5 heteroatoms. The van der Waals surface area contributed by atoms with Crippen molar-refractivity contribution in [2.24, 2.45) is 5.92 Å². The summed E-state index contributed by atoms with van der Waals surface area (Å²) in [5.74, 6) is -1.60. The quantitative estimate of drug-likeness (QED) is 0.850. The normalized spacial score (nSPS) is 17.6. The molecule has 1 atom stereocenters. The van der Waals surface area contributed by atoms with Crippen LogP contribution in [-0.4, -0.2) is 21.8 Å². The average Bonchev–Trinajstić information content (AvgIpc) is 2.92. The Hall–Kier alpha value is -2.95. The second-order valence-electron chi connectivity index (χ2n) is 8.44. The summed E-state index contributed by atoms with van der Waals surface area (Å²) >= 11 is 0. The standard InChI is InChI=1S/C23H26N2O3/c1-14(2)20(26)18-19(15-10-12-24-13-11-15)25(22(28)21(18)27)17-8-6-16(7-9-17)23(3,4)5/h6-14,19,27H,1-5H3. The number of Topliss-reactive ketones (excluding diaryl/α,β-unsaturated/α-hetero) is 1. The second-order valence-corrected chi connectivity index (χ2v) is 8.44. The molecule has 0 saturated heterocycles. The van der Waals surface area contributed by atoms with Gasteiger partial charge in [-0.15, -0.1) is 0 Å². The number of rotatable bonds is 4. The summed E-state index contributed by atoms with van der Waals surface area (Å²) in [7, 11) is 0. The van der Waals surface area contributed by atoms with E-state index in [1.165, 1.54) is 4.90 Å². The van der Waals surface area contributed by atoms with E-state index in [0.29, 0.717) is 5.69 Å². The second kappa shape index (κ2) is 7.23. The Morgan fingerprint density at radius 1 is 1.07 bits per heavy atom. The highest BCUT2D eigenvalue weighted by atomic mass is 16.3. The average molecular weight is 378 g/mol. The zero-order valence-electron chi connectivity index (χ0n) is 16.9. The van der Waals surface area contributed by atoms with Gasteiger partial charge in [0.05, 0.1) is 11.6 Å². The molecule has 0 spiro atoms. The predicted molar refractivity (Wildman–Crippen MR) is 109 cm³/mol. The number of hydrogen-bond acceptors (Lipinski definition) is 4. The van der Waals surface area contributed by atoms with Gasteiger partial charge in [0.2, 0.25) is 0 Å². The molecule has 0 radical (unpaired) electrons. The number of carbonyl (C=O) groups excluding carboxylic acids is 2. The molecule has 1 aromatic heterocycles. The number of aliphatic hydroxyl groups is 1. The van der Waals surface area contributed by atoms with E-state index in [-0.39, 0.29) is 22.7 Å². The van der Waals surface area contributed by atoms with Gasteiger partial charge in [0.25, 0.3) is 5.91 Å². The number of aliphatic hydroxyl groups excluding tert-OH is 1. The SMILES string of the molecule is CC(C)C(=O)C1=C(O)C(=O)N(c2ccc(C(C)(C)C)cc2)C1c1ccncc1. The number of aromatic nitrogens is 1.